The zero-order valence-electron chi connectivity index (χ0n) is 18.2. The second-order valence-corrected chi connectivity index (χ2v) is 10.3. The Morgan fingerprint density at radius 1 is 1.03 bits per heavy atom. The van der Waals surface area contributed by atoms with Crippen molar-refractivity contribution in [3.63, 3.8) is 0 Å². The Balaban J connectivity index is 1.64. The zero-order chi connectivity index (χ0) is 25.1. The minimum atomic E-state index is -0.803. The lowest BCUT2D eigenvalue weighted by Gasteiger charge is -2.26. The van der Waals surface area contributed by atoms with E-state index >= 15 is 0 Å². The summed E-state index contributed by atoms with van der Waals surface area (Å²) in [6, 6.07) is 17.0. The van der Waals surface area contributed by atoms with Crippen LogP contribution in [-0.2, 0) is 16.2 Å². The van der Waals surface area contributed by atoms with Gasteiger partial charge in [-0.1, -0.05) is 50.1 Å². The number of imide groups is 2. The van der Waals surface area contributed by atoms with Gasteiger partial charge < -0.3 is 9.47 Å². The number of barbiturate groups is 1. The van der Waals surface area contributed by atoms with E-state index in [4.69, 9.17) is 9.47 Å². The highest BCUT2D eigenvalue weighted by Gasteiger charge is 2.36. The standard InChI is InChI=1S/C25H17Br2IN2O5/c1-34-21-12-14(11-20(28)22(21)35-13-15-4-2-3-5-19(15)27)10-18-23(31)29-25(33)30(24(18)32)17-8-6-16(26)7-9-17/h2-12H,13H2,1H3,(H,29,31,33)/b18-10+. The number of carbonyl (C=O) groups excluding carboxylic acids is 3. The van der Waals surface area contributed by atoms with Gasteiger partial charge in [-0.3, -0.25) is 14.9 Å². The number of urea groups is 1. The summed E-state index contributed by atoms with van der Waals surface area (Å²) in [6.45, 7) is 0.319. The number of anilines is 1. The number of nitrogens with one attached hydrogen (secondary N) is 1. The monoisotopic (exact) mass is 710 g/mol. The summed E-state index contributed by atoms with van der Waals surface area (Å²) in [7, 11) is 1.51. The van der Waals surface area contributed by atoms with E-state index in [0.717, 1.165) is 23.0 Å². The third-order valence-electron chi connectivity index (χ3n) is 5.08. The molecule has 3 aromatic carbocycles. The molecule has 1 N–H and O–H groups in total. The van der Waals surface area contributed by atoms with E-state index in [9.17, 15) is 14.4 Å². The first-order valence-electron chi connectivity index (χ1n) is 10.2. The SMILES string of the molecule is COc1cc(/C=C2\C(=O)NC(=O)N(c3ccc(Br)cc3)C2=O)cc(I)c1OCc1ccccc1Br. The predicted octanol–water partition coefficient (Wildman–Crippen LogP) is 6.07. The number of benzene rings is 3. The van der Waals surface area contributed by atoms with Crippen molar-refractivity contribution in [1.82, 2.24) is 5.32 Å². The van der Waals surface area contributed by atoms with E-state index in [0.29, 0.717) is 29.4 Å². The second-order valence-electron chi connectivity index (χ2n) is 7.35. The molecule has 1 saturated heterocycles. The minimum absolute atomic E-state index is 0.174. The lowest BCUT2D eigenvalue weighted by Crippen LogP contribution is -2.54. The summed E-state index contributed by atoms with van der Waals surface area (Å²) in [6.07, 6.45) is 1.43. The lowest BCUT2D eigenvalue weighted by molar-refractivity contribution is -0.122. The van der Waals surface area contributed by atoms with Crippen LogP contribution < -0.4 is 19.7 Å². The van der Waals surface area contributed by atoms with Crippen molar-refractivity contribution in [3.8, 4) is 11.5 Å². The maximum atomic E-state index is 13.1. The molecule has 1 fully saturated rings. The molecule has 0 aliphatic carbocycles. The topological polar surface area (TPSA) is 84.9 Å². The van der Waals surface area contributed by atoms with E-state index in [1.165, 1.54) is 13.2 Å². The molecular weight excluding hydrogens is 695 g/mol. The number of amides is 4. The zero-order valence-corrected chi connectivity index (χ0v) is 23.5. The molecule has 0 bridgehead atoms. The van der Waals surface area contributed by atoms with Gasteiger partial charge in [0.2, 0.25) is 0 Å². The highest BCUT2D eigenvalue weighted by molar-refractivity contribution is 14.1. The molecule has 1 heterocycles. The molecule has 7 nitrogen and oxygen atoms in total. The predicted molar refractivity (Wildman–Crippen MR) is 147 cm³/mol. The maximum absolute atomic E-state index is 13.1. The normalized spacial score (nSPS) is 14.8. The molecule has 1 aliphatic rings. The van der Waals surface area contributed by atoms with Gasteiger partial charge in [0.25, 0.3) is 11.8 Å². The highest BCUT2D eigenvalue weighted by atomic mass is 127. The van der Waals surface area contributed by atoms with Gasteiger partial charge in [0.15, 0.2) is 11.5 Å². The number of nitrogens with zero attached hydrogens (tertiary/aromatic N) is 1. The van der Waals surface area contributed by atoms with Crippen molar-refractivity contribution in [2.45, 2.75) is 6.61 Å². The Labute approximate surface area is 231 Å². The first-order valence-corrected chi connectivity index (χ1v) is 12.9. The van der Waals surface area contributed by atoms with Crippen LogP contribution in [0.2, 0.25) is 0 Å². The van der Waals surface area contributed by atoms with E-state index in [1.807, 2.05) is 24.3 Å². The summed E-state index contributed by atoms with van der Waals surface area (Å²) < 4.78 is 14.0. The van der Waals surface area contributed by atoms with Crippen LogP contribution in [0.25, 0.3) is 6.08 Å². The first kappa shape index (κ1) is 25.4. The van der Waals surface area contributed by atoms with Crippen molar-refractivity contribution in [2.75, 3.05) is 12.0 Å². The molecule has 35 heavy (non-hydrogen) atoms. The minimum Gasteiger partial charge on any atom is -0.493 e. The van der Waals surface area contributed by atoms with Crippen LogP contribution in [0.4, 0.5) is 10.5 Å². The number of hydrogen-bond donors (Lipinski definition) is 1. The quantitative estimate of drug-likeness (QED) is 0.191. The third-order valence-corrected chi connectivity index (χ3v) is 7.18. The number of hydrogen-bond acceptors (Lipinski definition) is 5. The van der Waals surface area contributed by atoms with Crippen molar-refractivity contribution < 1.29 is 23.9 Å². The Hall–Kier alpha value is -2.70. The number of methoxy groups -OCH3 is 1. The van der Waals surface area contributed by atoms with Crippen LogP contribution in [0, 0.1) is 3.57 Å². The van der Waals surface area contributed by atoms with Gasteiger partial charge in [-0.25, -0.2) is 9.69 Å². The van der Waals surface area contributed by atoms with Crippen LogP contribution in [0.15, 0.2) is 75.2 Å². The molecule has 4 amide bonds. The number of ether oxygens (including phenoxy) is 2. The second kappa shape index (κ2) is 10.9. The van der Waals surface area contributed by atoms with Crippen LogP contribution in [0.5, 0.6) is 11.5 Å². The molecule has 4 rings (SSSR count). The van der Waals surface area contributed by atoms with Crippen LogP contribution in [0.1, 0.15) is 11.1 Å². The molecule has 10 heteroatoms. The van der Waals surface area contributed by atoms with E-state index in [-0.39, 0.29) is 5.57 Å². The number of halogens is 3. The van der Waals surface area contributed by atoms with Crippen LogP contribution in [-0.4, -0.2) is 25.0 Å². The molecule has 0 spiro atoms. The van der Waals surface area contributed by atoms with E-state index in [2.05, 4.69) is 59.8 Å². The average Bonchev–Trinajstić information content (AvgIpc) is 2.83. The first-order chi connectivity index (χ1) is 16.8. The molecule has 0 unspecified atom stereocenters. The molecule has 0 aromatic heterocycles. The van der Waals surface area contributed by atoms with Crippen LogP contribution in [0.3, 0.4) is 0 Å². The Kier molecular flexibility index (Phi) is 7.92. The molecular formula is C25H17Br2IN2O5. The van der Waals surface area contributed by atoms with Gasteiger partial charge in [0, 0.05) is 14.5 Å². The maximum Gasteiger partial charge on any atom is 0.335 e. The fourth-order valence-corrected chi connectivity index (χ4v) is 4.82. The highest BCUT2D eigenvalue weighted by Crippen LogP contribution is 2.36. The van der Waals surface area contributed by atoms with Crippen molar-refractivity contribution in [1.29, 1.82) is 0 Å². The Bertz CT molecular complexity index is 1360. The van der Waals surface area contributed by atoms with Gasteiger partial charge in [-0.15, -0.1) is 0 Å². The summed E-state index contributed by atoms with van der Waals surface area (Å²) in [5.74, 6) is -0.502. The Morgan fingerprint density at radius 3 is 2.43 bits per heavy atom. The van der Waals surface area contributed by atoms with Gasteiger partial charge >= 0.3 is 6.03 Å². The summed E-state index contributed by atoms with van der Waals surface area (Å²) in [4.78, 5) is 39.0. The fraction of sp³-hybridized carbons (Fsp3) is 0.0800. The number of rotatable bonds is 6. The van der Waals surface area contributed by atoms with Gasteiger partial charge in [-0.2, -0.15) is 0 Å². The molecule has 0 saturated carbocycles. The van der Waals surface area contributed by atoms with Crippen molar-refractivity contribution >= 4 is 84.1 Å². The van der Waals surface area contributed by atoms with Crippen LogP contribution >= 0.6 is 54.5 Å². The molecule has 0 atom stereocenters. The smallest absolute Gasteiger partial charge is 0.335 e. The van der Waals surface area contributed by atoms with E-state index < -0.39 is 17.8 Å². The number of carbonyl (C=O) groups is 3. The summed E-state index contributed by atoms with van der Waals surface area (Å²) in [5, 5.41) is 2.23. The molecule has 178 valence electrons. The van der Waals surface area contributed by atoms with Gasteiger partial charge in [-0.05, 0) is 76.7 Å². The van der Waals surface area contributed by atoms with Gasteiger partial charge in [0.05, 0.1) is 16.4 Å². The Morgan fingerprint density at radius 2 is 1.74 bits per heavy atom. The largest absolute Gasteiger partial charge is 0.493 e. The van der Waals surface area contributed by atoms with Crippen molar-refractivity contribution in [2.24, 2.45) is 0 Å². The van der Waals surface area contributed by atoms with E-state index in [1.54, 1.807) is 36.4 Å². The molecule has 0 radical (unpaired) electrons. The summed E-state index contributed by atoms with van der Waals surface area (Å²) >= 11 is 8.95. The van der Waals surface area contributed by atoms with Gasteiger partial charge in [0.1, 0.15) is 12.2 Å². The average molecular weight is 712 g/mol. The molecule has 1 aliphatic heterocycles. The third kappa shape index (κ3) is 5.60. The summed E-state index contributed by atoms with van der Waals surface area (Å²) in [5.41, 5.74) is 1.69. The molecule has 3 aromatic rings. The van der Waals surface area contributed by atoms with Crippen molar-refractivity contribution in [3.05, 3.63) is 89.9 Å². The fourth-order valence-electron chi connectivity index (χ4n) is 3.38. The lowest BCUT2D eigenvalue weighted by atomic mass is 10.1.